The van der Waals surface area contributed by atoms with Crippen molar-refractivity contribution in [2.75, 3.05) is 11.8 Å². The number of halogens is 1. The van der Waals surface area contributed by atoms with Gasteiger partial charge in [-0.05, 0) is 50.2 Å². The first-order valence-corrected chi connectivity index (χ1v) is 12.6. The quantitative estimate of drug-likeness (QED) is 0.510. The van der Waals surface area contributed by atoms with Gasteiger partial charge in [0.2, 0.25) is 16.0 Å². The first-order chi connectivity index (χ1) is 15.7. The van der Waals surface area contributed by atoms with Crippen molar-refractivity contribution in [3.05, 3.63) is 47.3 Å². The van der Waals surface area contributed by atoms with Crippen LogP contribution in [0.1, 0.15) is 49.7 Å². The summed E-state index contributed by atoms with van der Waals surface area (Å²) in [6.45, 7) is 3.49. The van der Waals surface area contributed by atoms with Gasteiger partial charge in [-0.15, -0.1) is 10.2 Å². The van der Waals surface area contributed by atoms with Gasteiger partial charge in [-0.3, -0.25) is 14.3 Å². The number of hydrogen-bond donors (Lipinski definition) is 1. The summed E-state index contributed by atoms with van der Waals surface area (Å²) in [4.78, 5) is 12.5. The van der Waals surface area contributed by atoms with Crippen molar-refractivity contribution in [1.29, 1.82) is 0 Å². The van der Waals surface area contributed by atoms with Crippen LogP contribution in [0.2, 0.25) is 5.02 Å². The molecule has 0 radical (unpaired) electrons. The van der Waals surface area contributed by atoms with Crippen molar-refractivity contribution >= 4 is 27.6 Å². The summed E-state index contributed by atoms with van der Waals surface area (Å²) in [5.41, 5.74) is 2.03. The fourth-order valence-electron chi connectivity index (χ4n) is 4.28. The molecule has 2 aliphatic rings. The highest BCUT2D eigenvalue weighted by Crippen LogP contribution is 2.73. The highest BCUT2D eigenvalue weighted by atomic mass is 35.5. The number of hydrogen-bond acceptors (Lipinski definition) is 8. The topological polar surface area (TPSA) is 125 Å². The van der Waals surface area contributed by atoms with Crippen LogP contribution < -0.4 is 4.72 Å². The van der Waals surface area contributed by atoms with Crippen molar-refractivity contribution < 1.29 is 13.2 Å². The van der Waals surface area contributed by atoms with Crippen LogP contribution in [0, 0.1) is 12.3 Å². The Bertz CT molecular complexity index is 1290. The Kier molecular flexibility index (Phi) is 5.37. The molecule has 0 aliphatic heterocycles. The average Bonchev–Trinajstić information content (AvgIpc) is 3.68. The average molecular weight is 490 g/mol. The number of rotatable bonds is 8. The monoisotopic (exact) mass is 489 g/mol. The lowest BCUT2D eigenvalue weighted by molar-refractivity contribution is 0.0950. The van der Waals surface area contributed by atoms with Gasteiger partial charge >= 0.3 is 0 Å². The third kappa shape index (κ3) is 4.09. The maximum Gasteiger partial charge on any atom is 0.240 e. The zero-order chi connectivity index (χ0) is 23.4. The van der Waals surface area contributed by atoms with Gasteiger partial charge < -0.3 is 4.74 Å². The lowest BCUT2D eigenvalue weighted by Crippen LogP contribution is -2.33. The highest BCUT2D eigenvalue weighted by molar-refractivity contribution is 7.93. The number of nitrogens with zero attached hydrogens (tertiary/aromatic N) is 6. The summed E-state index contributed by atoms with van der Waals surface area (Å²) in [6.07, 6.45) is 8.64. The van der Waals surface area contributed by atoms with E-state index in [1.807, 2.05) is 17.6 Å². The third-order valence-electron chi connectivity index (χ3n) is 6.48. The molecule has 3 heterocycles. The van der Waals surface area contributed by atoms with E-state index in [2.05, 4.69) is 29.9 Å². The molecule has 2 saturated carbocycles. The van der Waals surface area contributed by atoms with Gasteiger partial charge in [0.15, 0.2) is 11.6 Å². The molecular formula is C21H24ClN7O3S. The fourth-order valence-corrected chi connectivity index (χ4v) is 5.51. The molecule has 174 valence electrons. The molecule has 33 heavy (non-hydrogen) atoms. The SMILES string of the molecule is COC(c1ncc(Cl)cn1)C(C)S(=O)(=O)Nc1nnc(-c2cncc(C)c2)n1[C@@H]1CC12CC2. The van der Waals surface area contributed by atoms with Crippen LogP contribution in [-0.2, 0) is 14.8 Å². The molecule has 0 saturated heterocycles. The predicted molar refractivity (Wildman–Crippen MR) is 122 cm³/mol. The van der Waals surface area contributed by atoms with Crippen molar-refractivity contribution in [3.63, 3.8) is 0 Å². The van der Waals surface area contributed by atoms with Crippen LogP contribution >= 0.6 is 11.6 Å². The van der Waals surface area contributed by atoms with E-state index < -0.39 is 21.4 Å². The Balaban J connectivity index is 1.47. The van der Waals surface area contributed by atoms with E-state index in [1.165, 1.54) is 19.5 Å². The zero-order valence-electron chi connectivity index (χ0n) is 18.4. The van der Waals surface area contributed by atoms with Crippen LogP contribution in [0.5, 0.6) is 0 Å². The second kappa shape index (κ2) is 8.00. The number of ether oxygens (including phenoxy) is 1. The summed E-state index contributed by atoms with van der Waals surface area (Å²) < 4.78 is 36.7. The summed E-state index contributed by atoms with van der Waals surface area (Å²) in [7, 11) is -2.51. The molecule has 3 atom stereocenters. The number of aromatic nitrogens is 6. The molecule has 5 rings (SSSR count). The van der Waals surface area contributed by atoms with Gasteiger partial charge in [0, 0.05) is 43.5 Å². The molecule has 12 heteroatoms. The smallest absolute Gasteiger partial charge is 0.240 e. The largest absolute Gasteiger partial charge is 0.372 e. The highest BCUT2D eigenvalue weighted by Gasteiger charge is 2.65. The van der Waals surface area contributed by atoms with E-state index in [0.29, 0.717) is 10.8 Å². The van der Waals surface area contributed by atoms with Gasteiger partial charge in [0.25, 0.3) is 0 Å². The molecule has 0 amide bonds. The summed E-state index contributed by atoms with van der Waals surface area (Å²) in [6, 6.07) is 2.13. The van der Waals surface area contributed by atoms with Crippen LogP contribution in [0.3, 0.4) is 0 Å². The lowest BCUT2D eigenvalue weighted by Gasteiger charge is -2.22. The number of nitrogens with one attached hydrogen (secondary N) is 1. The first kappa shape index (κ1) is 22.2. The Morgan fingerprint density at radius 3 is 2.55 bits per heavy atom. The van der Waals surface area contributed by atoms with Gasteiger partial charge in [0.1, 0.15) is 11.4 Å². The number of aryl methyl sites for hydroxylation is 1. The fraction of sp³-hybridized carbons (Fsp3) is 0.476. The van der Waals surface area contributed by atoms with Crippen molar-refractivity contribution in [1.82, 2.24) is 29.7 Å². The Hall–Kier alpha value is -2.63. The van der Waals surface area contributed by atoms with E-state index in [-0.39, 0.29) is 23.2 Å². The molecule has 2 aliphatic carbocycles. The molecule has 2 unspecified atom stereocenters. The number of anilines is 1. The van der Waals surface area contributed by atoms with Crippen molar-refractivity contribution in [3.8, 4) is 11.4 Å². The molecular weight excluding hydrogens is 466 g/mol. The summed E-state index contributed by atoms with van der Waals surface area (Å²) in [5.74, 6) is 1.03. The molecule has 0 aromatic carbocycles. The standard InChI is InChI=1S/C21H24ClN7O3S/c1-12-6-14(9-23-8-12)19-26-27-20(29(19)16-7-21(16)4-5-21)28-33(30,31)13(2)17(32-3)18-24-10-15(22)11-25-18/h6,8-11,13,16-17H,4-5,7H2,1-3H3,(H,27,28)/t13?,16-,17?/m1/s1. The van der Waals surface area contributed by atoms with Gasteiger partial charge in [0.05, 0.1) is 5.02 Å². The molecule has 3 aromatic heterocycles. The molecule has 2 fully saturated rings. The van der Waals surface area contributed by atoms with Crippen LogP contribution in [0.4, 0.5) is 5.95 Å². The normalized spacial score (nSPS) is 20.4. The zero-order valence-corrected chi connectivity index (χ0v) is 20.0. The number of sulfonamides is 1. The Labute approximate surface area is 196 Å². The molecule has 0 bridgehead atoms. The molecule has 1 N–H and O–H groups in total. The van der Waals surface area contributed by atoms with E-state index in [4.69, 9.17) is 16.3 Å². The lowest BCUT2D eigenvalue weighted by atomic mass is 10.2. The van der Waals surface area contributed by atoms with E-state index in [1.54, 1.807) is 19.3 Å². The van der Waals surface area contributed by atoms with E-state index in [9.17, 15) is 8.42 Å². The minimum atomic E-state index is -3.93. The number of pyridine rings is 1. The Morgan fingerprint density at radius 1 is 1.21 bits per heavy atom. The van der Waals surface area contributed by atoms with Crippen molar-refractivity contribution in [2.45, 2.75) is 50.5 Å². The summed E-state index contributed by atoms with van der Waals surface area (Å²) >= 11 is 5.86. The molecule has 10 nitrogen and oxygen atoms in total. The second-order valence-electron chi connectivity index (χ2n) is 8.82. The van der Waals surface area contributed by atoms with Crippen LogP contribution in [-0.4, -0.2) is 50.5 Å². The molecule has 3 aromatic rings. The second-order valence-corrected chi connectivity index (χ2v) is 11.3. The maximum absolute atomic E-state index is 13.3. The Morgan fingerprint density at radius 2 is 1.94 bits per heavy atom. The van der Waals surface area contributed by atoms with E-state index >= 15 is 0 Å². The first-order valence-electron chi connectivity index (χ1n) is 10.6. The maximum atomic E-state index is 13.3. The predicted octanol–water partition coefficient (Wildman–Crippen LogP) is 3.33. The minimum absolute atomic E-state index is 0.161. The summed E-state index contributed by atoms with van der Waals surface area (Å²) in [5, 5.41) is 7.90. The van der Waals surface area contributed by atoms with Gasteiger partial charge in [-0.1, -0.05) is 11.6 Å². The number of methoxy groups -OCH3 is 1. The molecule has 1 spiro atoms. The van der Waals surface area contributed by atoms with E-state index in [0.717, 1.165) is 30.4 Å². The van der Waals surface area contributed by atoms with Crippen LogP contribution in [0.15, 0.2) is 30.9 Å². The van der Waals surface area contributed by atoms with Crippen LogP contribution in [0.25, 0.3) is 11.4 Å². The minimum Gasteiger partial charge on any atom is -0.372 e. The van der Waals surface area contributed by atoms with Crippen molar-refractivity contribution in [2.24, 2.45) is 5.41 Å². The van der Waals surface area contributed by atoms with Gasteiger partial charge in [-0.25, -0.2) is 18.4 Å². The van der Waals surface area contributed by atoms with Gasteiger partial charge in [-0.2, -0.15) is 0 Å². The third-order valence-corrected chi connectivity index (χ3v) is 8.37.